The van der Waals surface area contributed by atoms with Crippen LogP contribution in [0.2, 0.25) is 0 Å². The van der Waals surface area contributed by atoms with Gasteiger partial charge in [-0.2, -0.15) is 0 Å². The Kier molecular flexibility index (Phi) is 10.5. The van der Waals surface area contributed by atoms with Crippen LogP contribution in [0.25, 0.3) is 0 Å². The quantitative estimate of drug-likeness (QED) is 0.327. The van der Waals surface area contributed by atoms with Crippen molar-refractivity contribution in [2.45, 2.75) is 39.3 Å². The number of amides is 2. The summed E-state index contributed by atoms with van der Waals surface area (Å²) < 4.78 is 27.4. The van der Waals surface area contributed by atoms with Gasteiger partial charge in [0.15, 0.2) is 0 Å². The Labute approximate surface area is 234 Å². The number of nitrogens with one attached hydrogen (secondary N) is 1. The maximum atomic E-state index is 14.0. The lowest BCUT2D eigenvalue weighted by Gasteiger charge is -2.34. The van der Waals surface area contributed by atoms with Gasteiger partial charge in [0, 0.05) is 24.0 Å². The van der Waals surface area contributed by atoms with Crippen molar-refractivity contribution in [1.82, 2.24) is 10.2 Å². The molecule has 3 aromatic carbocycles. The maximum absolute atomic E-state index is 14.0. The summed E-state index contributed by atoms with van der Waals surface area (Å²) in [6.07, 6.45) is 2.12. The molecule has 2 amide bonds. The highest BCUT2D eigenvalue weighted by molar-refractivity contribution is 9.10. The third-order valence-corrected chi connectivity index (χ3v) is 7.83. The van der Waals surface area contributed by atoms with E-state index in [4.69, 9.17) is 0 Å². The van der Waals surface area contributed by atoms with E-state index >= 15 is 0 Å². The molecule has 202 valence electrons. The lowest BCUT2D eigenvalue weighted by molar-refractivity contribution is -0.140. The number of aryl methyl sites for hydroxylation is 1. The van der Waals surface area contributed by atoms with Crippen LogP contribution in [0.4, 0.5) is 5.69 Å². The van der Waals surface area contributed by atoms with E-state index in [2.05, 4.69) is 21.2 Å². The van der Waals surface area contributed by atoms with E-state index in [0.717, 1.165) is 33.7 Å². The Morgan fingerprint density at radius 1 is 0.974 bits per heavy atom. The van der Waals surface area contributed by atoms with Gasteiger partial charge in [-0.05, 0) is 48.2 Å². The summed E-state index contributed by atoms with van der Waals surface area (Å²) in [5.41, 5.74) is 3.13. The van der Waals surface area contributed by atoms with Crippen LogP contribution < -0.4 is 9.62 Å². The fraction of sp³-hybridized carbons (Fsp3) is 0.310. The molecule has 1 atom stereocenters. The van der Waals surface area contributed by atoms with Crippen LogP contribution in [-0.4, -0.2) is 50.5 Å². The molecule has 3 rings (SSSR count). The Balaban J connectivity index is 2.05. The van der Waals surface area contributed by atoms with Crippen molar-refractivity contribution in [3.8, 4) is 0 Å². The smallest absolute Gasteiger partial charge is 0.244 e. The van der Waals surface area contributed by atoms with Crippen LogP contribution >= 0.6 is 15.9 Å². The average Bonchev–Trinajstić information content (AvgIpc) is 2.88. The summed E-state index contributed by atoms with van der Waals surface area (Å²) in [6.45, 7) is 4.12. The van der Waals surface area contributed by atoms with Gasteiger partial charge in [-0.1, -0.05) is 83.5 Å². The summed E-state index contributed by atoms with van der Waals surface area (Å²) in [4.78, 5) is 29.0. The lowest BCUT2D eigenvalue weighted by atomic mass is 10.0. The monoisotopic (exact) mass is 599 g/mol. The fourth-order valence-corrected chi connectivity index (χ4v) is 5.36. The van der Waals surface area contributed by atoms with E-state index in [1.807, 2.05) is 68.4 Å². The van der Waals surface area contributed by atoms with Gasteiger partial charge in [0.1, 0.15) is 12.6 Å². The van der Waals surface area contributed by atoms with Crippen LogP contribution in [0.1, 0.15) is 30.0 Å². The number of halogens is 1. The highest BCUT2D eigenvalue weighted by atomic mass is 79.9. The maximum Gasteiger partial charge on any atom is 0.244 e. The van der Waals surface area contributed by atoms with Gasteiger partial charge in [0.2, 0.25) is 21.8 Å². The van der Waals surface area contributed by atoms with Gasteiger partial charge in [0.25, 0.3) is 0 Å². The minimum Gasteiger partial charge on any atom is -0.354 e. The van der Waals surface area contributed by atoms with Crippen molar-refractivity contribution in [2.24, 2.45) is 0 Å². The summed E-state index contributed by atoms with van der Waals surface area (Å²) in [6, 6.07) is 23.1. The molecule has 3 aromatic rings. The van der Waals surface area contributed by atoms with Gasteiger partial charge in [-0.15, -0.1) is 0 Å². The second-order valence-corrected chi connectivity index (χ2v) is 12.0. The molecule has 7 nitrogen and oxygen atoms in total. The number of hydrogen-bond donors (Lipinski definition) is 1. The first-order chi connectivity index (χ1) is 18.1. The van der Waals surface area contributed by atoms with E-state index in [9.17, 15) is 18.0 Å². The first-order valence-electron chi connectivity index (χ1n) is 12.5. The summed E-state index contributed by atoms with van der Waals surface area (Å²) in [5, 5.41) is 2.94. The molecule has 0 spiro atoms. The van der Waals surface area contributed by atoms with E-state index in [1.54, 1.807) is 24.3 Å². The zero-order chi connectivity index (χ0) is 27.7. The molecule has 0 saturated carbocycles. The summed E-state index contributed by atoms with van der Waals surface area (Å²) in [7, 11) is -3.80. The second-order valence-electron chi connectivity index (χ2n) is 9.19. The van der Waals surface area contributed by atoms with Gasteiger partial charge < -0.3 is 10.2 Å². The molecule has 9 heteroatoms. The van der Waals surface area contributed by atoms with Gasteiger partial charge in [0.05, 0.1) is 11.9 Å². The Bertz CT molecular complexity index is 1350. The van der Waals surface area contributed by atoms with E-state index < -0.39 is 28.5 Å². The topological polar surface area (TPSA) is 86.8 Å². The number of carbonyl (C=O) groups excluding carboxylic acids is 2. The zero-order valence-electron chi connectivity index (χ0n) is 21.9. The summed E-state index contributed by atoms with van der Waals surface area (Å²) >= 11 is 3.38. The standard InChI is InChI=1S/C29H34BrN3O4S/c1-4-17-31-29(35)27(18-23-12-6-5-7-13-23)32(20-24-14-9-8-11-22(24)2)28(34)21-33(38(3,36)37)26-16-10-15-25(30)19-26/h5-16,19,27H,4,17-18,20-21H2,1-3H3,(H,31,35)/t27-/m0/s1. The Morgan fingerprint density at radius 3 is 2.29 bits per heavy atom. The van der Waals surface area contributed by atoms with Crippen molar-refractivity contribution >= 4 is 43.5 Å². The molecule has 0 saturated heterocycles. The van der Waals surface area contributed by atoms with E-state index in [0.29, 0.717) is 23.1 Å². The summed E-state index contributed by atoms with van der Waals surface area (Å²) in [5.74, 6) is -0.739. The molecular weight excluding hydrogens is 566 g/mol. The van der Waals surface area contributed by atoms with Crippen molar-refractivity contribution < 1.29 is 18.0 Å². The van der Waals surface area contributed by atoms with E-state index in [1.165, 1.54) is 4.90 Å². The molecule has 1 N–H and O–H groups in total. The van der Waals surface area contributed by atoms with Gasteiger partial charge in [-0.3, -0.25) is 13.9 Å². The predicted molar refractivity (Wildman–Crippen MR) is 155 cm³/mol. The normalized spacial score (nSPS) is 12.0. The molecule has 0 heterocycles. The molecular formula is C29H34BrN3O4S. The van der Waals surface area contributed by atoms with E-state index in [-0.39, 0.29) is 12.5 Å². The number of carbonyl (C=O) groups is 2. The molecule has 38 heavy (non-hydrogen) atoms. The first kappa shape index (κ1) is 29.4. The van der Waals surface area contributed by atoms with Crippen molar-refractivity contribution in [1.29, 1.82) is 0 Å². The molecule has 0 fully saturated rings. The van der Waals surface area contributed by atoms with Crippen molar-refractivity contribution in [3.05, 3.63) is 100 Å². The third-order valence-electron chi connectivity index (χ3n) is 6.20. The molecule has 0 aromatic heterocycles. The Morgan fingerprint density at radius 2 is 1.66 bits per heavy atom. The number of hydrogen-bond acceptors (Lipinski definition) is 4. The van der Waals surface area contributed by atoms with Crippen molar-refractivity contribution in [2.75, 3.05) is 23.7 Å². The molecule has 0 radical (unpaired) electrons. The molecule has 0 bridgehead atoms. The minimum absolute atomic E-state index is 0.165. The highest BCUT2D eigenvalue weighted by Crippen LogP contribution is 2.24. The number of benzene rings is 3. The van der Waals surface area contributed by atoms with Crippen molar-refractivity contribution in [3.63, 3.8) is 0 Å². The van der Waals surface area contributed by atoms with Crippen LogP contribution in [0.15, 0.2) is 83.3 Å². The number of nitrogens with zero attached hydrogens (tertiary/aromatic N) is 2. The molecule has 0 aliphatic rings. The lowest BCUT2D eigenvalue weighted by Crippen LogP contribution is -2.53. The molecule has 0 aliphatic heterocycles. The molecule has 0 aliphatic carbocycles. The highest BCUT2D eigenvalue weighted by Gasteiger charge is 2.33. The van der Waals surface area contributed by atoms with Gasteiger partial charge >= 0.3 is 0 Å². The van der Waals surface area contributed by atoms with Gasteiger partial charge in [-0.25, -0.2) is 8.42 Å². The van der Waals surface area contributed by atoms with Crippen LogP contribution in [0.5, 0.6) is 0 Å². The number of anilines is 1. The molecule has 0 unspecified atom stereocenters. The third kappa shape index (κ3) is 8.16. The first-order valence-corrected chi connectivity index (χ1v) is 15.1. The Hall–Kier alpha value is -3.17. The minimum atomic E-state index is -3.80. The SMILES string of the molecule is CCCNC(=O)[C@H](Cc1ccccc1)N(Cc1ccccc1C)C(=O)CN(c1cccc(Br)c1)S(C)(=O)=O. The van der Waals surface area contributed by atoms with Crippen LogP contribution in [-0.2, 0) is 32.6 Å². The number of sulfonamides is 1. The average molecular weight is 601 g/mol. The van der Waals surface area contributed by atoms with Crippen LogP contribution in [0.3, 0.4) is 0 Å². The van der Waals surface area contributed by atoms with Crippen LogP contribution in [0, 0.1) is 6.92 Å². The number of rotatable bonds is 12. The fourth-order valence-electron chi connectivity index (χ4n) is 4.14. The zero-order valence-corrected chi connectivity index (χ0v) is 24.3. The second kappa shape index (κ2) is 13.6. The predicted octanol–water partition coefficient (Wildman–Crippen LogP) is 4.69. The largest absolute Gasteiger partial charge is 0.354 e.